The molecule has 0 spiro atoms. The first-order valence-corrected chi connectivity index (χ1v) is 11.1. The predicted octanol–water partition coefficient (Wildman–Crippen LogP) is 2.71. The first-order valence-electron chi connectivity index (χ1n) is 10.3. The van der Waals surface area contributed by atoms with E-state index in [1.807, 2.05) is 11.3 Å². The van der Waals surface area contributed by atoms with Crippen molar-refractivity contribution in [3.8, 4) is 0 Å². The van der Waals surface area contributed by atoms with Gasteiger partial charge in [-0.2, -0.15) is 0 Å². The van der Waals surface area contributed by atoms with Crippen LogP contribution in [0.5, 0.6) is 0 Å². The molecule has 1 saturated carbocycles. The first kappa shape index (κ1) is 18.4. The highest BCUT2D eigenvalue weighted by atomic mass is 32.1. The number of hydrogen-bond donors (Lipinski definition) is 1. The molecule has 0 aromatic carbocycles. The smallest absolute Gasteiger partial charge is 0.224 e. The van der Waals surface area contributed by atoms with Crippen LogP contribution in [0.15, 0.2) is 0 Å². The van der Waals surface area contributed by atoms with E-state index >= 15 is 0 Å². The topological polar surface area (TPSA) is 48.5 Å². The van der Waals surface area contributed by atoms with Gasteiger partial charge in [-0.3, -0.25) is 14.6 Å². The lowest BCUT2D eigenvalue weighted by atomic mass is 9.93. The van der Waals surface area contributed by atoms with Gasteiger partial charge in [0.2, 0.25) is 5.91 Å². The molecular formula is C20H32N4OS. The summed E-state index contributed by atoms with van der Waals surface area (Å²) in [5, 5.41) is 4.47. The Bertz CT molecular complexity index is 614. The second kappa shape index (κ2) is 7.95. The summed E-state index contributed by atoms with van der Waals surface area (Å²) >= 11 is 1.84. The maximum atomic E-state index is 12.4. The minimum Gasteiger partial charge on any atom is -0.353 e. The lowest BCUT2D eigenvalue weighted by molar-refractivity contribution is -0.127. The highest BCUT2D eigenvalue weighted by molar-refractivity contribution is 7.11. The predicted molar refractivity (Wildman–Crippen MR) is 105 cm³/mol. The zero-order chi connectivity index (χ0) is 18.1. The summed E-state index contributed by atoms with van der Waals surface area (Å²) in [5.41, 5.74) is 1.18. The van der Waals surface area contributed by atoms with Crippen LogP contribution in [-0.4, -0.2) is 59.0 Å². The highest BCUT2D eigenvalue weighted by Crippen LogP contribution is 2.27. The Hall–Kier alpha value is -0.980. The Labute approximate surface area is 161 Å². The molecule has 1 aliphatic carbocycles. The molecule has 2 aliphatic heterocycles. The van der Waals surface area contributed by atoms with Crippen molar-refractivity contribution in [2.75, 3.05) is 26.2 Å². The van der Waals surface area contributed by atoms with E-state index in [1.165, 1.54) is 54.2 Å². The van der Waals surface area contributed by atoms with Crippen LogP contribution >= 0.6 is 11.3 Å². The molecule has 0 radical (unpaired) electrons. The Balaban J connectivity index is 1.25. The lowest BCUT2D eigenvalue weighted by Crippen LogP contribution is -2.50. The van der Waals surface area contributed by atoms with E-state index in [-0.39, 0.29) is 5.92 Å². The number of amides is 1. The third kappa shape index (κ3) is 4.46. The molecule has 5 nitrogen and oxygen atoms in total. The van der Waals surface area contributed by atoms with Crippen molar-refractivity contribution in [1.29, 1.82) is 0 Å². The molecule has 3 heterocycles. The van der Waals surface area contributed by atoms with Gasteiger partial charge in [0, 0.05) is 36.6 Å². The third-order valence-electron chi connectivity index (χ3n) is 6.25. The Morgan fingerprint density at radius 1 is 1.15 bits per heavy atom. The number of rotatable bonds is 5. The molecule has 1 aromatic rings. The molecule has 3 fully saturated rings. The van der Waals surface area contributed by atoms with Crippen LogP contribution in [0.4, 0.5) is 0 Å². The summed E-state index contributed by atoms with van der Waals surface area (Å²) in [6.45, 7) is 9.70. The van der Waals surface area contributed by atoms with Crippen LogP contribution < -0.4 is 5.32 Å². The zero-order valence-corrected chi connectivity index (χ0v) is 17.0. The van der Waals surface area contributed by atoms with E-state index in [1.54, 1.807) is 0 Å². The van der Waals surface area contributed by atoms with Gasteiger partial charge in [0.05, 0.1) is 18.2 Å². The minimum atomic E-state index is 0.212. The maximum absolute atomic E-state index is 12.4. The van der Waals surface area contributed by atoms with Crippen molar-refractivity contribution < 1.29 is 4.79 Å². The van der Waals surface area contributed by atoms with Crippen molar-refractivity contribution >= 4 is 17.2 Å². The monoisotopic (exact) mass is 376 g/mol. The van der Waals surface area contributed by atoms with Crippen molar-refractivity contribution in [2.24, 2.45) is 5.92 Å². The number of likely N-dealkylation sites (tertiary alicyclic amines) is 2. The van der Waals surface area contributed by atoms with Gasteiger partial charge in [0.25, 0.3) is 0 Å². The number of nitrogens with one attached hydrogen (secondary N) is 1. The number of carbonyl (C=O) groups excluding carboxylic acids is 1. The van der Waals surface area contributed by atoms with Gasteiger partial charge in [-0.1, -0.05) is 0 Å². The highest BCUT2D eigenvalue weighted by Gasteiger charge is 2.33. The summed E-state index contributed by atoms with van der Waals surface area (Å²) in [7, 11) is 0. The van der Waals surface area contributed by atoms with Crippen molar-refractivity contribution in [3.05, 3.63) is 15.6 Å². The molecule has 1 amide bonds. The zero-order valence-electron chi connectivity index (χ0n) is 16.2. The van der Waals surface area contributed by atoms with E-state index in [0.29, 0.717) is 18.0 Å². The number of aryl methyl sites for hydroxylation is 2. The van der Waals surface area contributed by atoms with Gasteiger partial charge >= 0.3 is 0 Å². The number of thiazole rings is 1. The van der Waals surface area contributed by atoms with Crippen LogP contribution in [0, 0.1) is 19.8 Å². The Morgan fingerprint density at radius 3 is 2.58 bits per heavy atom. The molecule has 1 atom stereocenters. The SMILES string of the molecule is Cc1nc(CN2CCC(N3CCC[C@H](C(=O)NC4CC4)C3)CC2)sc1C. The van der Waals surface area contributed by atoms with Gasteiger partial charge in [-0.05, 0) is 58.9 Å². The van der Waals surface area contributed by atoms with E-state index in [9.17, 15) is 4.79 Å². The van der Waals surface area contributed by atoms with Crippen LogP contribution in [-0.2, 0) is 11.3 Å². The van der Waals surface area contributed by atoms with E-state index in [4.69, 9.17) is 4.98 Å². The average molecular weight is 377 g/mol. The molecule has 1 N–H and O–H groups in total. The number of nitrogens with zero attached hydrogens (tertiary/aromatic N) is 3. The minimum absolute atomic E-state index is 0.212. The molecule has 2 saturated heterocycles. The molecule has 144 valence electrons. The molecule has 0 bridgehead atoms. The van der Waals surface area contributed by atoms with Crippen LogP contribution in [0.1, 0.15) is 54.1 Å². The summed E-state index contributed by atoms with van der Waals surface area (Å²) in [5.74, 6) is 0.521. The summed E-state index contributed by atoms with van der Waals surface area (Å²) < 4.78 is 0. The fourth-order valence-electron chi connectivity index (χ4n) is 4.34. The van der Waals surface area contributed by atoms with Crippen LogP contribution in [0.2, 0.25) is 0 Å². The van der Waals surface area contributed by atoms with Crippen LogP contribution in [0.25, 0.3) is 0 Å². The molecule has 6 heteroatoms. The Kier molecular flexibility index (Phi) is 5.62. The van der Waals surface area contributed by atoms with E-state index in [2.05, 4.69) is 29.0 Å². The lowest BCUT2D eigenvalue weighted by Gasteiger charge is -2.41. The Morgan fingerprint density at radius 2 is 1.92 bits per heavy atom. The largest absolute Gasteiger partial charge is 0.353 e. The second-order valence-corrected chi connectivity index (χ2v) is 9.66. The first-order chi connectivity index (χ1) is 12.6. The van der Waals surface area contributed by atoms with Gasteiger partial charge in [-0.25, -0.2) is 4.98 Å². The molecule has 26 heavy (non-hydrogen) atoms. The van der Waals surface area contributed by atoms with E-state index in [0.717, 1.165) is 32.6 Å². The number of carbonyl (C=O) groups is 1. The fourth-order valence-corrected chi connectivity index (χ4v) is 5.32. The van der Waals surface area contributed by atoms with Gasteiger partial charge < -0.3 is 5.32 Å². The summed E-state index contributed by atoms with van der Waals surface area (Å²) in [6.07, 6.45) is 7.04. The molecule has 0 unspecified atom stereocenters. The van der Waals surface area contributed by atoms with Crippen molar-refractivity contribution in [2.45, 2.75) is 71.0 Å². The molecule has 1 aromatic heterocycles. The maximum Gasteiger partial charge on any atom is 0.224 e. The van der Waals surface area contributed by atoms with Gasteiger partial charge in [0.15, 0.2) is 0 Å². The van der Waals surface area contributed by atoms with Crippen molar-refractivity contribution in [1.82, 2.24) is 20.1 Å². The third-order valence-corrected chi connectivity index (χ3v) is 7.31. The average Bonchev–Trinajstić information content (AvgIpc) is 3.40. The molecule has 3 aliphatic rings. The van der Waals surface area contributed by atoms with E-state index < -0.39 is 0 Å². The molecule has 4 rings (SSSR count). The normalized spacial score (nSPS) is 26.2. The van der Waals surface area contributed by atoms with Crippen LogP contribution in [0.3, 0.4) is 0 Å². The van der Waals surface area contributed by atoms with Gasteiger partial charge in [0.1, 0.15) is 5.01 Å². The second-order valence-electron chi connectivity index (χ2n) is 8.37. The number of aromatic nitrogens is 1. The summed E-state index contributed by atoms with van der Waals surface area (Å²) in [6, 6.07) is 1.14. The quantitative estimate of drug-likeness (QED) is 0.858. The number of piperidine rings is 2. The standard InChI is InChI=1S/C20H32N4OS/c1-14-15(2)26-19(21-14)13-23-10-7-18(8-11-23)24-9-3-4-16(12-24)20(25)22-17-5-6-17/h16-18H,3-13H2,1-2H3,(H,22,25)/t16-/m0/s1. The summed E-state index contributed by atoms with van der Waals surface area (Å²) in [4.78, 5) is 23.6. The van der Waals surface area contributed by atoms with Crippen molar-refractivity contribution in [3.63, 3.8) is 0 Å². The fraction of sp³-hybridized carbons (Fsp3) is 0.800. The number of hydrogen-bond acceptors (Lipinski definition) is 5. The molecular weight excluding hydrogens is 344 g/mol. The van der Waals surface area contributed by atoms with Gasteiger partial charge in [-0.15, -0.1) is 11.3 Å².